The van der Waals surface area contributed by atoms with Crippen molar-refractivity contribution in [2.75, 3.05) is 13.2 Å². The van der Waals surface area contributed by atoms with Crippen molar-refractivity contribution in [2.24, 2.45) is 0 Å². The molecule has 5 nitrogen and oxygen atoms in total. The maximum Gasteiger partial charge on any atom is 0.138 e. The summed E-state index contributed by atoms with van der Waals surface area (Å²) < 4.78 is 10.9. The van der Waals surface area contributed by atoms with Crippen LogP contribution in [0.15, 0.2) is 29.6 Å². The van der Waals surface area contributed by atoms with Crippen LogP contribution < -0.4 is 0 Å². The quantitative estimate of drug-likeness (QED) is 0.606. The lowest BCUT2D eigenvalue weighted by Crippen LogP contribution is -2.31. The second-order valence-corrected chi connectivity index (χ2v) is 6.00. The van der Waals surface area contributed by atoms with Crippen molar-refractivity contribution in [3.05, 3.63) is 58.8 Å². The number of nitrogens with zero attached hydrogens (tertiary/aromatic N) is 3. The van der Waals surface area contributed by atoms with Crippen molar-refractivity contribution in [3.8, 4) is 0 Å². The van der Waals surface area contributed by atoms with E-state index in [9.17, 15) is 0 Å². The monoisotopic (exact) mass is 313 g/mol. The summed E-state index contributed by atoms with van der Waals surface area (Å²) in [6.07, 6.45) is 6.69. The molecule has 122 valence electrons. The van der Waals surface area contributed by atoms with Gasteiger partial charge in [0.05, 0.1) is 18.9 Å². The second kappa shape index (κ2) is 7.06. The Kier molecular flexibility index (Phi) is 4.88. The highest BCUT2D eigenvalue weighted by Crippen LogP contribution is 2.24. The number of hydrogen-bond acceptors (Lipinski definition) is 5. The molecule has 1 aliphatic heterocycles. The maximum atomic E-state index is 5.59. The minimum absolute atomic E-state index is 0.571. The molecule has 3 rings (SSSR count). The van der Waals surface area contributed by atoms with Gasteiger partial charge in [0.15, 0.2) is 0 Å². The molecule has 0 unspecified atom stereocenters. The van der Waals surface area contributed by atoms with Gasteiger partial charge in [0.25, 0.3) is 0 Å². The van der Waals surface area contributed by atoms with Gasteiger partial charge in [0.2, 0.25) is 0 Å². The summed E-state index contributed by atoms with van der Waals surface area (Å²) in [6.45, 7) is 11.6. The smallest absolute Gasteiger partial charge is 0.138 e. The maximum absolute atomic E-state index is 5.59. The van der Waals surface area contributed by atoms with E-state index in [4.69, 9.17) is 9.26 Å². The van der Waals surface area contributed by atoms with E-state index in [0.717, 1.165) is 37.5 Å². The Hall–Kier alpha value is -1.98. The first kappa shape index (κ1) is 15.9. The third-order valence-corrected chi connectivity index (χ3v) is 4.36. The zero-order valence-electron chi connectivity index (χ0n) is 13.8. The first-order valence-electron chi connectivity index (χ1n) is 7.96. The summed E-state index contributed by atoms with van der Waals surface area (Å²) >= 11 is 0. The fraction of sp³-hybridized carbons (Fsp3) is 0.444. The third kappa shape index (κ3) is 3.51. The number of ether oxygens (including phenoxy) is 1. The summed E-state index contributed by atoms with van der Waals surface area (Å²) in [5, 5.41) is 4.04. The number of hydrogen-bond donors (Lipinski definition) is 0. The molecule has 0 aliphatic carbocycles. The number of aryl methyl sites for hydroxylation is 2. The normalized spacial score (nSPS) is 14.7. The van der Waals surface area contributed by atoms with Crippen molar-refractivity contribution in [1.82, 2.24) is 15.0 Å². The molecule has 0 amide bonds. The third-order valence-electron chi connectivity index (χ3n) is 4.36. The standard InChI is InChI=1S/C18H23N3O2/c1-4-7-22-12-16-9-19-8-15-10-21(6-5-17(15)16)11-18-13(2)20-23-14(18)3/h4,8-9H,1,5-7,10-12H2,2-3H3. The van der Waals surface area contributed by atoms with Gasteiger partial charge in [-0.1, -0.05) is 11.2 Å². The molecule has 0 N–H and O–H groups in total. The summed E-state index contributed by atoms with van der Waals surface area (Å²) in [5.74, 6) is 0.915. The van der Waals surface area contributed by atoms with Crippen LogP contribution >= 0.6 is 0 Å². The summed E-state index contributed by atoms with van der Waals surface area (Å²) in [6, 6.07) is 0. The molecule has 2 aromatic heterocycles. The van der Waals surface area contributed by atoms with Crippen molar-refractivity contribution >= 4 is 0 Å². The second-order valence-electron chi connectivity index (χ2n) is 6.00. The Bertz CT molecular complexity index is 674. The fourth-order valence-electron chi connectivity index (χ4n) is 3.09. The zero-order chi connectivity index (χ0) is 16.2. The fourth-order valence-corrected chi connectivity index (χ4v) is 3.09. The van der Waals surface area contributed by atoms with Gasteiger partial charge in [-0.2, -0.15) is 0 Å². The molecule has 23 heavy (non-hydrogen) atoms. The van der Waals surface area contributed by atoms with Gasteiger partial charge in [-0.25, -0.2) is 0 Å². The van der Waals surface area contributed by atoms with E-state index in [-0.39, 0.29) is 0 Å². The number of aromatic nitrogens is 2. The molecular formula is C18H23N3O2. The van der Waals surface area contributed by atoms with Crippen LogP contribution in [0.25, 0.3) is 0 Å². The van der Waals surface area contributed by atoms with Gasteiger partial charge in [-0.05, 0) is 37.0 Å². The number of rotatable bonds is 6. The van der Waals surface area contributed by atoms with Crippen LogP contribution in [0.1, 0.15) is 33.7 Å². The van der Waals surface area contributed by atoms with Crippen LogP contribution in [0.5, 0.6) is 0 Å². The van der Waals surface area contributed by atoms with Gasteiger partial charge in [0.1, 0.15) is 5.76 Å². The molecule has 0 atom stereocenters. The van der Waals surface area contributed by atoms with Gasteiger partial charge in [-0.15, -0.1) is 6.58 Å². The van der Waals surface area contributed by atoms with Crippen LogP contribution in [0, 0.1) is 13.8 Å². The molecule has 3 heterocycles. The Morgan fingerprint density at radius 1 is 1.39 bits per heavy atom. The Labute approximate surface area is 137 Å². The van der Waals surface area contributed by atoms with Crippen molar-refractivity contribution in [3.63, 3.8) is 0 Å². The first-order valence-corrected chi connectivity index (χ1v) is 7.96. The van der Waals surface area contributed by atoms with Crippen LogP contribution in [0.2, 0.25) is 0 Å². The van der Waals surface area contributed by atoms with E-state index in [1.807, 2.05) is 26.2 Å². The predicted molar refractivity (Wildman–Crippen MR) is 87.9 cm³/mol. The molecule has 0 aromatic carbocycles. The van der Waals surface area contributed by atoms with Gasteiger partial charge in [-0.3, -0.25) is 9.88 Å². The molecule has 0 radical (unpaired) electrons. The van der Waals surface area contributed by atoms with Crippen LogP contribution in [-0.2, 0) is 30.9 Å². The minimum atomic E-state index is 0.571. The number of fused-ring (bicyclic) bond motifs is 1. The van der Waals surface area contributed by atoms with Crippen molar-refractivity contribution in [2.45, 2.75) is 40.0 Å². The predicted octanol–water partition coefficient (Wildman–Crippen LogP) is 2.95. The van der Waals surface area contributed by atoms with E-state index in [1.165, 1.54) is 22.3 Å². The van der Waals surface area contributed by atoms with Crippen molar-refractivity contribution in [1.29, 1.82) is 0 Å². The Morgan fingerprint density at radius 2 is 2.26 bits per heavy atom. The van der Waals surface area contributed by atoms with Crippen LogP contribution in [0.3, 0.4) is 0 Å². The lowest BCUT2D eigenvalue weighted by Gasteiger charge is -2.29. The van der Waals surface area contributed by atoms with E-state index in [1.54, 1.807) is 6.08 Å². The zero-order valence-corrected chi connectivity index (χ0v) is 13.8. The molecule has 0 spiro atoms. The van der Waals surface area contributed by atoms with Gasteiger partial charge in [0, 0.05) is 37.6 Å². The summed E-state index contributed by atoms with van der Waals surface area (Å²) in [7, 11) is 0. The van der Waals surface area contributed by atoms with Gasteiger partial charge < -0.3 is 9.26 Å². The lowest BCUT2D eigenvalue weighted by atomic mass is 9.97. The first-order chi connectivity index (χ1) is 11.2. The van der Waals surface area contributed by atoms with Crippen LogP contribution in [-0.4, -0.2) is 28.2 Å². The van der Waals surface area contributed by atoms with Crippen LogP contribution in [0.4, 0.5) is 0 Å². The average molecular weight is 313 g/mol. The number of pyridine rings is 1. The average Bonchev–Trinajstić information content (AvgIpc) is 2.87. The molecule has 2 aromatic rings. The van der Waals surface area contributed by atoms with Crippen molar-refractivity contribution < 1.29 is 9.26 Å². The van der Waals surface area contributed by atoms with Gasteiger partial charge >= 0.3 is 0 Å². The molecule has 1 aliphatic rings. The highest BCUT2D eigenvalue weighted by molar-refractivity contribution is 5.34. The molecular weight excluding hydrogens is 290 g/mol. The van der Waals surface area contributed by atoms with E-state index < -0.39 is 0 Å². The van der Waals surface area contributed by atoms with E-state index in [2.05, 4.69) is 21.6 Å². The van der Waals surface area contributed by atoms with E-state index >= 15 is 0 Å². The lowest BCUT2D eigenvalue weighted by molar-refractivity contribution is 0.147. The Balaban J connectivity index is 1.71. The minimum Gasteiger partial charge on any atom is -0.373 e. The highest BCUT2D eigenvalue weighted by Gasteiger charge is 2.21. The molecule has 0 saturated carbocycles. The molecule has 0 saturated heterocycles. The largest absolute Gasteiger partial charge is 0.373 e. The molecule has 0 bridgehead atoms. The Morgan fingerprint density at radius 3 is 3.00 bits per heavy atom. The highest BCUT2D eigenvalue weighted by atomic mass is 16.5. The van der Waals surface area contributed by atoms with E-state index in [0.29, 0.717) is 13.2 Å². The summed E-state index contributed by atoms with van der Waals surface area (Å²) in [5.41, 5.74) is 6.06. The molecule has 0 fully saturated rings. The summed E-state index contributed by atoms with van der Waals surface area (Å²) in [4.78, 5) is 6.80. The topological polar surface area (TPSA) is 51.4 Å². The molecule has 5 heteroatoms. The SMILES string of the molecule is C=CCOCc1cncc2c1CCN(Cc1c(C)noc1C)C2.